The molecule has 0 unspecified atom stereocenters. The number of nitrogens with zero attached hydrogens (tertiary/aromatic N) is 3. The van der Waals surface area contributed by atoms with E-state index in [1.807, 2.05) is 17.0 Å². The van der Waals surface area contributed by atoms with Gasteiger partial charge in [-0.2, -0.15) is 5.10 Å². The number of hydrogen-bond acceptors (Lipinski definition) is 2. The zero-order valence-corrected chi connectivity index (χ0v) is 20.3. The Hall–Kier alpha value is -4.83. The van der Waals surface area contributed by atoms with Crippen molar-refractivity contribution >= 4 is 49.0 Å². The average Bonchev–Trinajstić information content (AvgIpc) is 3.69. The minimum Gasteiger partial charge on any atom is -0.461 e. The first-order valence-corrected chi connectivity index (χ1v) is 12.7. The van der Waals surface area contributed by atoms with E-state index in [4.69, 9.17) is 4.42 Å². The standard InChI is InChI=1S/C33H23N3O/c1-2-35-28-13-6-5-11-25(28)27-19-22(14-15-29(27)35)21-8-7-9-23(18-21)33-32-26-12-4-3-10-24(26)30-16-17-34-36(30)31(32)20-37-33/h3-20H,2H2,1H3. The van der Waals surface area contributed by atoms with Crippen molar-refractivity contribution in [2.45, 2.75) is 13.5 Å². The molecule has 8 aromatic rings. The highest BCUT2D eigenvalue weighted by molar-refractivity contribution is 6.16. The van der Waals surface area contributed by atoms with E-state index in [9.17, 15) is 0 Å². The van der Waals surface area contributed by atoms with Crippen LogP contribution in [0.15, 0.2) is 114 Å². The number of para-hydroxylation sites is 1. The van der Waals surface area contributed by atoms with Gasteiger partial charge < -0.3 is 8.98 Å². The normalized spacial score (nSPS) is 12.0. The predicted molar refractivity (Wildman–Crippen MR) is 152 cm³/mol. The third kappa shape index (κ3) is 2.81. The van der Waals surface area contributed by atoms with Crippen LogP contribution in [-0.2, 0) is 6.54 Å². The molecule has 0 atom stereocenters. The maximum Gasteiger partial charge on any atom is 0.144 e. The van der Waals surface area contributed by atoms with Gasteiger partial charge in [0.1, 0.15) is 17.5 Å². The van der Waals surface area contributed by atoms with Crippen LogP contribution in [-0.4, -0.2) is 14.2 Å². The summed E-state index contributed by atoms with van der Waals surface area (Å²) in [4.78, 5) is 0. The summed E-state index contributed by atoms with van der Waals surface area (Å²) in [7, 11) is 0. The van der Waals surface area contributed by atoms with Crippen LogP contribution in [0.25, 0.3) is 71.4 Å². The SMILES string of the molecule is CCn1c2ccccc2c2cc(-c3cccc(-c4occ5c4c4ccccc4c4ccnn45)c3)ccc21. The Morgan fingerprint density at radius 1 is 0.622 bits per heavy atom. The molecule has 0 amide bonds. The Morgan fingerprint density at radius 3 is 2.22 bits per heavy atom. The summed E-state index contributed by atoms with van der Waals surface area (Å²) >= 11 is 0. The van der Waals surface area contributed by atoms with E-state index < -0.39 is 0 Å². The summed E-state index contributed by atoms with van der Waals surface area (Å²) in [5, 5.41) is 10.6. The second-order valence-corrected chi connectivity index (χ2v) is 9.57. The lowest BCUT2D eigenvalue weighted by Crippen LogP contribution is -1.92. The molecule has 176 valence electrons. The lowest BCUT2D eigenvalue weighted by molar-refractivity contribution is 0.586. The minimum absolute atomic E-state index is 0.870. The highest BCUT2D eigenvalue weighted by Gasteiger charge is 2.18. The Morgan fingerprint density at radius 2 is 1.35 bits per heavy atom. The lowest BCUT2D eigenvalue weighted by atomic mass is 9.98. The van der Waals surface area contributed by atoms with Crippen LogP contribution >= 0.6 is 0 Å². The van der Waals surface area contributed by atoms with Gasteiger partial charge in [-0.3, -0.25) is 0 Å². The third-order valence-electron chi connectivity index (χ3n) is 7.66. The molecule has 0 spiro atoms. The summed E-state index contributed by atoms with van der Waals surface area (Å²) in [5.74, 6) is 0.870. The largest absolute Gasteiger partial charge is 0.461 e. The molecule has 0 aliphatic carbocycles. The molecule has 4 aromatic carbocycles. The van der Waals surface area contributed by atoms with Crippen molar-refractivity contribution in [2.24, 2.45) is 0 Å². The Labute approximate surface area is 213 Å². The first-order valence-electron chi connectivity index (χ1n) is 12.7. The van der Waals surface area contributed by atoms with Crippen molar-refractivity contribution in [3.05, 3.63) is 110 Å². The van der Waals surface area contributed by atoms with E-state index in [-0.39, 0.29) is 0 Å². The molecular weight excluding hydrogens is 454 g/mol. The van der Waals surface area contributed by atoms with Crippen molar-refractivity contribution in [3.8, 4) is 22.5 Å². The molecule has 0 aliphatic rings. The van der Waals surface area contributed by atoms with Crippen LogP contribution in [0.4, 0.5) is 0 Å². The van der Waals surface area contributed by atoms with E-state index in [1.165, 1.54) is 43.7 Å². The summed E-state index contributed by atoms with van der Waals surface area (Å²) in [6.07, 6.45) is 3.68. The summed E-state index contributed by atoms with van der Waals surface area (Å²) in [6, 6.07) is 34.7. The molecule has 4 nitrogen and oxygen atoms in total. The van der Waals surface area contributed by atoms with Gasteiger partial charge in [0, 0.05) is 39.3 Å². The van der Waals surface area contributed by atoms with Crippen molar-refractivity contribution in [1.29, 1.82) is 0 Å². The molecule has 4 heterocycles. The number of aryl methyl sites for hydroxylation is 1. The van der Waals surface area contributed by atoms with Gasteiger partial charge >= 0.3 is 0 Å². The molecule has 8 rings (SSSR count). The molecule has 0 fully saturated rings. The van der Waals surface area contributed by atoms with E-state index >= 15 is 0 Å². The molecule has 0 saturated carbocycles. The molecule has 4 aromatic heterocycles. The molecule has 0 aliphatic heterocycles. The molecule has 0 N–H and O–H groups in total. The van der Waals surface area contributed by atoms with Crippen molar-refractivity contribution < 1.29 is 4.42 Å². The fourth-order valence-electron chi connectivity index (χ4n) is 6.02. The number of furan rings is 1. The highest BCUT2D eigenvalue weighted by Crippen LogP contribution is 2.39. The van der Waals surface area contributed by atoms with Gasteiger partial charge in [-0.25, -0.2) is 4.52 Å². The van der Waals surface area contributed by atoms with Gasteiger partial charge in [0.15, 0.2) is 0 Å². The number of aromatic nitrogens is 3. The second kappa shape index (κ2) is 7.58. The molecular formula is C33H23N3O. The van der Waals surface area contributed by atoms with Crippen LogP contribution in [0.2, 0.25) is 0 Å². The maximum atomic E-state index is 6.26. The second-order valence-electron chi connectivity index (χ2n) is 9.57. The van der Waals surface area contributed by atoms with Crippen LogP contribution < -0.4 is 0 Å². The van der Waals surface area contributed by atoms with Gasteiger partial charge in [-0.1, -0.05) is 66.7 Å². The van der Waals surface area contributed by atoms with Gasteiger partial charge in [0.05, 0.1) is 17.1 Å². The minimum atomic E-state index is 0.870. The molecule has 0 radical (unpaired) electrons. The lowest BCUT2D eigenvalue weighted by Gasteiger charge is -2.08. The first kappa shape index (κ1) is 20.4. The zero-order chi connectivity index (χ0) is 24.5. The number of fused-ring (bicyclic) bond motifs is 9. The van der Waals surface area contributed by atoms with Crippen LogP contribution in [0.3, 0.4) is 0 Å². The van der Waals surface area contributed by atoms with Gasteiger partial charge in [0.2, 0.25) is 0 Å². The third-order valence-corrected chi connectivity index (χ3v) is 7.66. The molecule has 0 bridgehead atoms. The number of benzene rings is 4. The molecule has 0 saturated heterocycles. The number of rotatable bonds is 3. The van der Waals surface area contributed by atoms with Gasteiger partial charge in [-0.05, 0) is 53.8 Å². The van der Waals surface area contributed by atoms with Crippen LogP contribution in [0.1, 0.15) is 6.92 Å². The fourth-order valence-corrected chi connectivity index (χ4v) is 6.02. The summed E-state index contributed by atoms with van der Waals surface area (Å²) in [6.45, 7) is 3.15. The predicted octanol–water partition coefficient (Wildman–Crippen LogP) is 8.70. The maximum absolute atomic E-state index is 6.26. The molecule has 37 heavy (non-hydrogen) atoms. The smallest absolute Gasteiger partial charge is 0.144 e. The van der Waals surface area contributed by atoms with E-state index in [1.54, 1.807) is 0 Å². The fraction of sp³-hybridized carbons (Fsp3) is 0.0606. The average molecular weight is 478 g/mol. The van der Waals surface area contributed by atoms with Crippen molar-refractivity contribution in [3.63, 3.8) is 0 Å². The number of pyridine rings is 1. The zero-order valence-electron chi connectivity index (χ0n) is 20.3. The Kier molecular flexibility index (Phi) is 4.17. The van der Waals surface area contributed by atoms with Gasteiger partial charge in [0.25, 0.3) is 0 Å². The monoisotopic (exact) mass is 477 g/mol. The van der Waals surface area contributed by atoms with E-state index in [2.05, 4.69) is 114 Å². The van der Waals surface area contributed by atoms with Crippen LogP contribution in [0, 0.1) is 0 Å². The van der Waals surface area contributed by atoms with Crippen molar-refractivity contribution in [2.75, 3.05) is 0 Å². The van der Waals surface area contributed by atoms with Crippen molar-refractivity contribution in [1.82, 2.24) is 14.2 Å². The van der Waals surface area contributed by atoms with E-state index in [0.29, 0.717) is 0 Å². The van der Waals surface area contributed by atoms with Gasteiger partial charge in [-0.15, -0.1) is 0 Å². The summed E-state index contributed by atoms with van der Waals surface area (Å²) < 4.78 is 10.6. The first-order chi connectivity index (χ1) is 18.3. The Balaban J connectivity index is 1.35. The molecule has 4 heteroatoms. The number of hydrogen-bond donors (Lipinski definition) is 0. The van der Waals surface area contributed by atoms with Crippen LogP contribution in [0.5, 0.6) is 0 Å². The Bertz CT molecular complexity index is 2140. The topological polar surface area (TPSA) is 35.4 Å². The summed E-state index contributed by atoms with van der Waals surface area (Å²) in [5.41, 5.74) is 8.04. The quantitative estimate of drug-likeness (QED) is 0.255. The highest BCUT2D eigenvalue weighted by atomic mass is 16.3. The van der Waals surface area contributed by atoms with E-state index in [0.717, 1.165) is 34.3 Å².